The molecular formula is C25H33N3O3. The molecule has 0 bridgehead atoms. The number of carbonyl (C=O) groups is 1. The maximum Gasteiger partial charge on any atom is 0.237 e. The minimum absolute atomic E-state index is 0.0436. The molecule has 2 aromatic carbocycles. The maximum absolute atomic E-state index is 12.2. The number of hydrogen-bond acceptors (Lipinski definition) is 5. The predicted molar refractivity (Wildman–Crippen MR) is 121 cm³/mol. The van der Waals surface area contributed by atoms with E-state index in [0.29, 0.717) is 13.2 Å². The monoisotopic (exact) mass is 423 g/mol. The highest BCUT2D eigenvalue weighted by Gasteiger charge is 2.28. The van der Waals surface area contributed by atoms with E-state index in [2.05, 4.69) is 58.4 Å². The van der Waals surface area contributed by atoms with Crippen molar-refractivity contribution in [1.82, 2.24) is 15.1 Å². The zero-order valence-corrected chi connectivity index (χ0v) is 18.6. The molecule has 2 aromatic rings. The van der Waals surface area contributed by atoms with E-state index in [1.807, 2.05) is 13.0 Å². The Morgan fingerprint density at radius 1 is 1.10 bits per heavy atom. The number of benzene rings is 2. The van der Waals surface area contributed by atoms with Crippen LogP contribution < -0.4 is 14.8 Å². The van der Waals surface area contributed by atoms with Gasteiger partial charge in [0.05, 0.1) is 12.6 Å². The molecule has 2 aliphatic heterocycles. The van der Waals surface area contributed by atoms with E-state index in [0.717, 1.165) is 57.2 Å². The Kier molecular flexibility index (Phi) is 7.10. The molecule has 0 aliphatic carbocycles. The van der Waals surface area contributed by atoms with Gasteiger partial charge in [0.1, 0.15) is 18.1 Å². The first kappa shape index (κ1) is 21.7. The Balaban J connectivity index is 1.46. The summed E-state index contributed by atoms with van der Waals surface area (Å²) in [6.07, 6.45) is 0.828. The van der Waals surface area contributed by atoms with Crippen LogP contribution in [-0.4, -0.2) is 54.6 Å². The SMILES string of the molecule is CCOc1cccc(CN2CCOc3ccc(CN4CCNC(=O)C4CC)cc3C2)c1. The number of hydrogen-bond donors (Lipinski definition) is 1. The number of nitrogens with zero attached hydrogens (tertiary/aromatic N) is 2. The van der Waals surface area contributed by atoms with Crippen molar-refractivity contribution in [1.29, 1.82) is 0 Å². The average molecular weight is 424 g/mol. The summed E-state index contributed by atoms with van der Waals surface area (Å²) in [5.41, 5.74) is 3.69. The highest BCUT2D eigenvalue weighted by atomic mass is 16.5. The molecule has 4 rings (SSSR count). The topological polar surface area (TPSA) is 54.0 Å². The Bertz CT molecular complexity index is 901. The lowest BCUT2D eigenvalue weighted by molar-refractivity contribution is -0.129. The maximum atomic E-state index is 12.2. The first-order valence-electron chi connectivity index (χ1n) is 11.4. The zero-order valence-electron chi connectivity index (χ0n) is 18.6. The lowest BCUT2D eigenvalue weighted by Crippen LogP contribution is -2.54. The van der Waals surface area contributed by atoms with Gasteiger partial charge in [0.2, 0.25) is 5.91 Å². The summed E-state index contributed by atoms with van der Waals surface area (Å²) < 4.78 is 11.7. The van der Waals surface area contributed by atoms with Gasteiger partial charge >= 0.3 is 0 Å². The highest BCUT2D eigenvalue weighted by Crippen LogP contribution is 2.27. The van der Waals surface area contributed by atoms with E-state index in [4.69, 9.17) is 9.47 Å². The molecule has 1 atom stereocenters. The van der Waals surface area contributed by atoms with E-state index in [-0.39, 0.29) is 11.9 Å². The summed E-state index contributed by atoms with van der Waals surface area (Å²) >= 11 is 0. The number of nitrogens with one attached hydrogen (secondary N) is 1. The molecule has 0 radical (unpaired) electrons. The van der Waals surface area contributed by atoms with Gasteiger partial charge in [-0.15, -0.1) is 0 Å². The van der Waals surface area contributed by atoms with Crippen molar-refractivity contribution < 1.29 is 14.3 Å². The van der Waals surface area contributed by atoms with E-state index in [1.165, 1.54) is 16.7 Å². The minimum atomic E-state index is -0.0436. The van der Waals surface area contributed by atoms with Crippen molar-refractivity contribution in [3.63, 3.8) is 0 Å². The zero-order chi connectivity index (χ0) is 21.6. The van der Waals surface area contributed by atoms with Crippen LogP contribution >= 0.6 is 0 Å². The summed E-state index contributed by atoms with van der Waals surface area (Å²) in [4.78, 5) is 16.9. The largest absolute Gasteiger partial charge is 0.494 e. The highest BCUT2D eigenvalue weighted by molar-refractivity contribution is 5.82. The van der Waals surface area contributed by atoms with Gasteiger partial charge in [-0.3, -0.25) is 14.6 Å². The molecule has 166 valence electrons. The van der Waals surface area contributed by atoms with Gasteiger partial charge in [-0.2, -0.15) is 0 Å². The molecule has 0 saturated carbocycles. The molecule has 0 spiro atoms. The van der Waals surface area contributed by atoms with Gasteiger partial charge in [0.25, 0.3) is 0 Å². The standard InChI is InChI=1S/C25H33N3O3/c1-3-23-25(29)26-10-11-28(23)17-20-8-9-24-21(14-20)18-27(12-13-31-24)16-19-6-5-7-22(15-19)30-4-2/h5-9,14-15,23H,3-4,10-13,16-18H2,1-2H3,(H,26,29). The van der Waals surface area contributed by atoms with Crippen LogP contribution in [0.3, 0.4) is 0 Å². The third kappa shape index (κ3) is 5.38. The number of ether oxygens (including phenoxy) is 2. The van der Waals surface area contributed by atoms with Gasteiger partial charge in [0.15, 0.2) is 0 Å². The Morgan fingerprint density at radius 3 is 2.81 bits per heavy atom. The van der Waals surface area contributed by atoms with E-state index < -0.39 is 0 Å². The molecule has 1 amide bonds. The Hall–Kier alpha value is -2.57. The first-order chi connectivity index (χ1) is 15.2. The third-order valence-electron chi connectivity index (χ3n) is 6.01. The second-order valence-electron chi connectivity index (χ2n) is 8.27. The number of amides is 1. The third-order valence-corrected chi connectivity index (χ3v) is 6.01. The first-order valence-corrected chi connectivity index (χ1v) is 11.4. The minimum Gasteiger partial charge on any atom is -0.494 e. The quantitative estimate of drug-likeness (QED) is 0.741. The molecule has 6 heteroatoms. The molecule has 1 fully saturated rings. The van der Waals surface area contributed by atoms with Gasteiger partial charge in [0, 0.05) is 44.8 Å². The van der Waals surface area contributed by atoms with E-state index in [9.17, 15) is 4.79 Å². The number of carbonyl (C=O) groups excluding carboxylic acids is 1. The fourth-order valence-corrected chi connectivity index (χ4v) is 4.52. The second kappa shape index (κ2) is 10.2. The molecule has 1 saturated heterocycles. The van der Waals surface area contributed by atoms with Crippen molar-refractivity contribution in [3.8, 4) is 11.5 Å². The fraction of sp³-hybridized carbons (Fsp3) is 0.480. The van der Waals surface area contributed by atoms with E-state index >= 15 is 0 Å². The van der Waals surface area contributed by atoms with Crippen LogP contribution in [0.5, 0.6) is 11.5 Å². The summed E-state index contributed by atoms with van der Waals surface area (Å²) in [5.74, 6) is 2.04. The van der Waals surface area contributed by atoms with Crippen molar-refractivity contribution in [3.05, 3.63) is 59.2 Å². The number of piperazine rings is 1. The van der Waals surface area contributed by atoms with Crippen LogP contribution in [0, 0.1) is 0 Å². The van der Waals surface area contributed by atoms with Crippen LogP contribution in [0.4, 0.5) is 0 Å². The molecule has 2 aliphatic rings. The van der Waals surface area contributed by atoms with Crippen LogP contribution in [0.1, 0.15) is 37.0 Å². The summed E-state index contributed by atoms with van der Waals surface area (Å²) in [6.45, 7) is 10.4. The average Bonchev–Trinajstić information content (AvgIpc) is 2.96. The summed E-state index contributed by atoms with van der Waals surface area (Å²) in [7, 11) is 0. The smallest absolute Gasteiger partial charge is 0.237 e. The van der Waals surface area contributed by atoms with Gasteiger partial charge in [-0.05, 0) is 48.7 Å². The van der Waals surface area contributed by atoms with Crippen LogP contribution in [0.15, 0.2) is 42.5 Å². The molecule has 2 heterocycles. The van der Waals surface area contributed by atoms with Gasteiger partial charge in [-0.1, -0.05) is 25.1 Å². The van der Waals surface area contributed by atoms with Gasteiger partial charge < -0.3 is 14.8 Å². The summed E-state index contributed by atoms with van der Waals surface area (Å²) in [6, 6.07) is 14.8. The van der Waals surface area contributed by atoms with Gasteiger partial charge in [-0.25, -0.2) is 0 Å². The molecule has 0 aromatic heterocycles. The summed E-state index contributed by atoms with van der Waals surface area (Å²) in [5, 5.41) is 2.98. The van der Waals surface area contributed by atoms with Crippen LogP contribution in [0.2, 0.25) is 0 Å². The lowest BCUT2D eigenvalue weighted by atomic mass is 10.1. The molecule has 31 heavy (non-hydrogen) atoms. The Labute approximate surface area is 185 Å². The number of fused-ring (bicyclic) bond motifs is 1. The van der Waals surface area contributed by atoms with E-state index in [1.54, 1.807) is 0 Å². The van der Waals surface area contributed by atoms with Crippen molar-refractivity contribution in [2.45, 2.75) is 45.9 Å². The second-order valence-corrected chi connectivity index (χ2v) is 8.27. The number of rotatable bonds is 7. The fourth-order valence-electron chi connectivity index (χ4n) is 4.52. The van der Waals surface area contributed by atoms with Crippen LogP contribution in [-0.2, 0) is 24.4 Å². The van der Waals surface area contributed by atoms with Crippen molar-refractivity contribution >= 4 is 5.91 Å². The molecular weight excluding hydrogens is 390 g/mol. The molecule has 1 unspecified atom stereocenters. The van der Waals surface area contributed by atoms with Crippen molar-refractivity contribution in [2.75, 3.05) is 32.8 Å². The molecule has 6 nitrogen and oxygen atoms in total. The van der Waals surface area contributed by atoms with Crippen LogP contribution in [0.25, 0.3) is 0 Å². The molecule has 1 N–H and O–H groups in total. The lowest BCUT2D eigenvalue weighted by Gasteiger charge is -2.34. The normalized spacial score (nSPS) is 19.8. The predicted octanol–water partition coefficient (Wildman–Crippen LogP) is 3.19. The Morgan fingerprint density at radius 2 is 1.97 bits per heavy atom. The van der Waals surface area contributed by atoms with Crippen molar-refractivity contribution in [2.24, 2.45) is 0 Å².